The standard InChI is InChI=1S/C12H18BrNO/c1-9(2)8-15-12-5-4-11(13)6-10(12)7-14-3/h4-6,9,14H,7-8H2,1-3H3. The third kappa shape index (κ3) is 4.22. The SMILES string of the molecule is CNCc1cc(Br)ccc1OCC(C)C. The largest absolute Gasteiger partial charge is 0.493 e. The number of ether oxygens (including phenoxy) is 1. The number of nitrogens with one attached hydrogen (secondary N) is 1. The summed E-state index contributed by atoms with van der Waals surface area (Å²) in [6.45, 7) is 5.89. The molecule has 3 heteroatoms. The van der Waals surface area contributed by atoms with Crippen molar-refractivity contribution in [3.63, 3.8) is 0 Å². The molecule has 0 aromatic heterocycles. The van der Waals surface area contributed by atoms with Crippen LogP contribution < -0.4 is 10.1 Å². The lowest BCUT2D eigenvalue weighted by molar-refractivity contribution is 0.268. The van der Waals surface area contributed by atoms with Crippen LogP contribution in [0.2, 0.25) is 0 Å². The number of hydrogen-bond donors (Lipinski definition) is 1. The van der Waals surface area contributed by atoms with Crippen LogP contribution in [0.3, 0.4) is 0 Å². The summed E-state index contributed by atoms with van der Waals surface area (Å²) in [5.74, 6) is 1.53. The number of rotatable bonds is 5. The van der Waals surface area contributed by atoms with Gasteiger partial charge in [-0.2, -0.15) is 0 Å². The Labute approximate surface area is 100 Å². The molecule has 15 heavy (non-hydrogen) atoms. The van der Waals surface area contributed by atoms with E-state index in [-0.39, 0.29) is 0 Å². The van der Waals surface area contributed by atoms with Crippen molar-refractivity contribution in [1.29, 1.82) is 0 Å². The Morgan fingerprint density at radius 3 is 2.73 bits per heavy atom. The summed E-state index contributed by atoms with van der Waals surface area (Å²) >= 11 is 3.46. The minimum absolute atomic E-state index is 0.552. The zero-order chi connectivity index (χ0) is 11.3. The molecular formula is C12H18BrNO. The first-order valence-corrected chi connectivity index (χ1v) is 5.98. The quantitative estimate of drug-likeness (QED) is 0.888. The number of halogens is 1. The first-order valence-electron chi connectivity index (χ1n) is 5.19. The molecule has 0 amide bonds. The second-order valence-corrected chi connectivity index (χ2v) is 4.90. The Morgan fingerprint density at radius 2 is 2.13 bits per heavy atom. The van der Waals surface area contributed by atoms with Gasteiger partial charge < -0.3 is 10.1 Å². The van der Waals surface area contributed by atoms with Crippen LogP contribution in [0.15, 0.2) is 22.7 Å². The van der Waals surface area contributed by atoms with E-state index in [1.807, 2.05) is 19.2 Å². The van der Waals surface area contributed by atoms with Gasteiger partial charge in [-0.25, -0.2) is 0 Å². The molecule has 0 heterocycles. The van der Waals surface area contributed by atoms with E-state index in [1.54, 1.807) is 0 Å². The highest BCUT2D eigenvalue weighted by Gasteiger charge is 2.04. The lowest BCUT2D eigenvalue weighted by Gasteiger charge is -2.13. The Kier molecular flexibility index (Phi) is 5.12. The van der Waals surface area contributed by atoms with Crippen LogP contribution in [0.4, 0.5) is 0 Å². The minimum atomic E-state index is 0.552. The molecule has 0 saturated heterocycles. The van der Waals surface area contributed by atoms with Gasteiger partial charge in [-0.3, -0.25) is 0 Å². The maximum Gasteiger partial charge on any atom is 0.123 e. The molecule has 1 N–H and O–H groups in total. The lowest BCUT2D eigenvalue weighted by Crippen LogP contribution is -2.10. The van der Waals surface area contributed by atoms with E-state index in [1.165, 1.54) is 5.56 Å². The average Bonchev–Trinajstić information content (AvgIpc) is 2.17. The summed E-state index contributed by atoms with van der Waals surface area (Å²) in [6.07, 6.45) is 0. The number of hydrogen-bond acceptors (Lipinski definition) is 2. The van der Waals surface area contributed by atoms with Gasteiger partial charge in [-0.1, -0.05) is 29.8 Å². The smallest absolute Gasteiger partial charge is 0.123 e. The highest BCUT2D eigenvalue weighted by atomic mass is 79.9. The molecule has 0 aliphatic heterocycles. The highest BCUT2D eigenvalue weighted by Crippen LogP contribution is 2.23. The highest BCUT2D eigenvalue weighted by molar-refractivity contribution is 9.10. The molecule has 1 aromatic rings. The summed E-state index contributed by atoms with van der Waals surface area (Å²) in [5, 5.41) is 3.14. The Hall–Kier alpha value is -0.540. The van der Waals surface area contributed by atoms with E-state index in [9.17, 15) is 0 Å². The Bertz CT molecular complexity index is 312. The minimum Gasteiger partial charge on any atom is -0.493 e. The maximum absolute atomic E-state index is 5.75. The predicted octanol–water partition coefficient (Wildman–Crippen LogP) is 3.20. The predicted molar refractivity (Wildman–Crippen MR) is 67.2 cm³/mol. The van der Waals surface area contributed by atoms with Crippen LogP contribution in [-0.2, 0) is 6.54 Å². The third-order valence-electron chi connectivity index (χ3n) is 1.96. The van der Waals surface area contributed by atoms with Gasteiger partial charge in [-0.05, 0) is 31.2 Å². The van der Waals surface area contributed by atoms with Crippen LogP contribution in [0.25, 0.3) is 0 Å². The second kappa shape index (κ2) is 6.13. The van der Waals surface area contributed by atoms with Crippen molar-refractivity contribution < 1.29 is 4.74 Å². The van der Waals surface area contributed by atoms with Gasteiger partial charge in [0, 0.05) is 16.6 Å². The number of benzene rings is 1. The van der Waals surface area contributed by atoms with E-state index >= 15 is 0 Å². The summed E-state index contributed by atoms with van der Waals surface area (Å²) in [6, 6.07) is 6.11. The van der Waals surface area contributed by atoms with E-state index in [4.69, 9.17) is 4.74 Å². The molecule has 0 atom stereocenters. The molecule has 84 valence electrons. The fourth-order valence-corrected chi connectivity index (χ4v) is 1.68. The van der Waals surface area contributed by atoms with Crippen LogP contribution in [0.5, 0.6) is 5.75 Å². The van der Waals surface area contributed by atoms with Gasteiger partial charge in [0.15, 0.2) is 0 Å². The molecule has 2 nitrogen and oxygen atoms in total. The van der Waals surface area contributed by atoms with Crippen molar-refractivity contribution in [2.24, 2.45) is 5.92 Å². The Morgan fingerprint density at radius 1 is 1.40 bits per heavy atom. The van der Waals surface area contributed by atoms with Crippen molar-refractivity contribution >= 4 is 15.9 Å². The summed E-state index contributed by atoms with van der Waals surface area (Å²) in [4.78, 5) is 0. The molecule has 0 unspecified atom stereocenters. The Balaban J connectivity index is 2.76. The van der Waals surface area contributed by atoms with Crippen molar-refractivity contribution in [2.45, 2.75) is 20.4 Å². The molecule has 0 spiro atoms. The van der Waals surface area contributed by atoms with Crippen molar-refractivity contribution in [3.8, 4) is 5.75 Å². The fraction of sp³-hybridized carbons (Fsp3) is 0.500. The zero-order valence-corrected chi connectivity index (χ0v) is 11.1. The first-order chi connectivity index (χ1) is 7.13. The van der Waals surface area contributed by atoms with E-state index in [0.29, 0.717) is 5.92 Å². The average molecular weight is 272 g/mol. The normalized spacial score (nSPS) is 10.7. The first kappa shape index (κ1) is 12.5. The lowest BCUT2D eigenvalue weighted by atomic mass is 10.2. The second-order valence-electron chi connectivity index (χ2n) is 3.99. The fourth-order valence-electron chi connectivity index (χ4n) is 1.27. The van der Waals surface area contributed by atoms with Gasteiger partial charge in [0.1, 0.15) is 5.75 Å². The summed E-state index contributed by atoms with van der Waals surface area (Å²) < 4.78 is 6.83. The van der Waals surface area contributed by atoms with Gasteiger partial charge in [-0.15, -0.1) is 0 Å². The third-order valence-corrected chi connectivity index (χ3v) is 2.46. The van der Waals surface area contributed by atoms with Crippen molar-refractivity contribution in [3.05, 3.63) is 28.2 Å². The topological polar surface area (TPSA) is 21.3 Å². The molecule has 0 aliphatic carbocycles. The molecule has 1 rings (SSSR count). The molecule has 0 aliphatic rings. The zero-order valence-electron chi connectivity index (χ0n) is 9.51. The van der Waals surface area contributed by atoms with Gasteiger partial charge in [0.05, 0.1) is 6.61 Å². The molecule has 1 aromatic carbocycles. The van der Waals surface area contributed by atoms with Crippen LogP contribution >= 0.6 is 15.9 Å². The summed E-state index contributed by atoms with van der Waals surface area (Å²) in [5.41, 5.74) is 1.19. The molecule has 0 saturated carbocycles. The van der Waals surface area contributed by atoms with Crippen LogP contribution in [-0.4, -0.2) is 13.7 Å². The van der Waals surface area contributed by atoms with E-state index in [2.05, 4.69) is 41.2 Å². The van der Waals surface area contributed by atoms with Gasteiger partial charge in [0.2, 0.25) is 0 Å². The van der Waals surface area contributed by atoms with Gasteiger partial charge in [0.25, 0.3) is 0 Å². The van der Waals surface area contributed by atoms with Crippen molar-refractivity contribution in [2.75, 3.05) is 13.7 Å². The molecule has 0 radical (unpaired) electrons. The molecule has 0 bridgehead atoms. The monoisotopic (exact) mass is 271 g/mol. The van der Waals surface area contributed by atoms with Gasteiger partial charge >= 0.3 is 0 Å². The summed E-state index contributed by atoms with van der Waals surface area (Å²) in [7, 11) is 1.94. The van der Waals surface area contributed by atoms with E-state index < -0.39 is 0 Å². The van der Waals surface area contributed by atoms with Crippen LogP contribution in [0, 0.1) is 5.92 Å². The molecule has 0 fully saturated rings. The van der Waals surface area contributed by atoms with E-state index in [0.717, 1.165) is 23.4 Å². The molecular weight excluding hydrogens is 254 g/mol. The maximum atomic E-state index is 5.75. The van der Waals surface area contributed by atoms with Crippen LogP contribution in [0.1, 0.15) is 19.4 Å². The van der Waals surface area contributed by atoms with Crippen molar-refractivity contribution in [1.82, 2.24) is 5.32 Å².